The Balaban J connectivity index is 1.70. The van der Waals surface area contributed by atoms with E-state index in [0.29, 0.717) is 27.4 Å². The molecular weight excluding hydrogens is 430 g/mol. The predicted octanol–water partition coefficient (Wildman–Crippen LogP) is -0.795. The maximum atomic E-state index is 12.6. The normalized spacial score (nSPS) is 26.5. The van der Waals surface area contributed by atoms with Gasteiger partial charge in [-0.15, -0.1) is 5.10 Å². The van der Waals surface area contributed by atoms with Gasteiger partial charge in [0.05, 0.1) is 24.8 Å². The van der Waals surface area contributed by atoms with Gasteiger partial charge in [0.2, 0.25) is 0 Å². The lowest BCUT2D eigenvalue weighted by molar-refractivity contribution is -0.232. The summed E-state index contributed by atoms with van der Waals surface area (Å²) in [6.45, 7) is -0.833. The van der Waals surface area contributed by atoms with Crippen LogP contribution in [0, 0.1) is 0 Å². The summed E-state index contributed by atoms with van der Waals surface area (Å²) in [5, 5.41) is 54.4. The van der Waals surface area contributed by atoms with Gasteiger partial charge in [-0.3, -0.25) is 0 Å². The molecule has 1 fully saturated rings. The maximum absolute atomic E-state index is 12.6. The topological polar surface area (TPSA) is 150 Å². The zero-order valence-electron chi connectivity index (χ0n) is 16.2. The van der Waals surface area contributed by atoms with Gasteiger partial charge in [-0.1, -0.05) is 29.8 Å². The van der Waals surface area contributed by atoms with Crippen molar-refractivity contribution in [3.8, 4) is 0 Å². The first-order valence-electron chi connectivity index (χ1n) is 9.62. The monoisotopic (exact) mass is 451 g/mol. The van der Waals surface area contributed by atoms with Crippen LogP contribution in [0.4, 0.5) is 0 Å². The molecule has 1 aliphatic rings. The van der Waals surface area contributed by atoms with Crippen LogP contribution in [0.2, 0.25) is 5.02 Å². The number of benzene rings is 1. The summed E-state index contributed by atoms with van der Waals surface area (Å²) in [6.07, 6.45) is -5.23. The van der Waals surface area contributed by atoms with E-state index in [1.54, 1.807) is 30.3 Å². The highest BCUT2D eigenvalue weighted by Gasteiger charge is 2.44. The number of pyridine rings is 1. The molecule has 5 atom stereocenters. The highest BCUT2D eigenvalue weighted by atomic mass is 35.5. The molecule has 0 amide bonds. The summed E-state index contributed by atoms with van der Waals surface area (Å²) in [5.74, 6) is 0. The predicted molar refractivity (Wildman–Crippen MR) is 109 cm³/mol. The van der Waals surface area contributed by atoms with Crippen molar-refractivity contribution in [3.63, 3.8) is 0 Å². The van der Waals surface area contributed by atoms with E-state index >= 15 is 0 Å². The fraction of sp³-hybridized carbons (Fsp3) is 0.400. The van der Waals surface area contributed by atoms with Gasteiger partial charge in [-0.25, -0.2) is 13.9 Å². The minimum Gasteiger partial charge on any atom is -0.394 e. The lowest BCUT2D eigenvalue weighted by Crippen LogP contribution is -2.55. The molecule has 4 rings (SSSR count). The molecular formula is C20H22ClN3O7. The third kappa shape index (κ3) is 3.99. The first-order valence-corrected chi connectivity index (χ1v) is 9.99. The van der Waals surface area contributed by atoms with Crippen LogP contribution < -0.4 is 5.69 Å². The minimum absolute atomic E-state index is 0.0915. The molecule has 2 aromatic heterocycles. The van der Waals surface area contributed by atoms with Crippen LogP contribution in [-0.2, 0) is 17.9 Å². The number of aromatic nitrogens is 3. The van der Waals surface area contributed by atoms with Crippen molar-refractivity contribution in [3.05, 3.63) is 68.7 Å². The quantitative estimate of drug-likeness (QED) is 0.338. The largest absolute Gasteiger partial charge is 0.394 e. The molecule has 5 N–H and O–H groups in total. The summed E-state index contributed by atoms with van der Waals surface area (Å²) in [7, 11) is 0. The Morgan fingerprint density at radius 3 is 2.55 bits per heavy atom. The molecule has 0 aliphatic carbocycles. The number of ether oxygens (including phenoxy) is 1. The van der Waals surface area contributed by atoms with Crippen molar-refractivity contribution in [2.75, 3.05) is 6.61 Å². The molecule has 1 aliphatic heterocycles. The second kappa shape index (κ2) is 8.67. The zero-order valence-corrected chi connectivity index (χ0v) is 17.0. The Hall–Kier alpha value is -2.31. The second-order valence-electron chi connectivity index (χ2n) is 7.46. The van der Waals surface area contributed by atoms with Crippen molar-refractivity contribution in [2.24, 2.45) is 0 Å². The van der Waals surface area contributed by atoms with E-state index in [0.717, 1.165) is 0 Å². The molecule has 0 radical (unpaired) electrons. The van der Waals surface area contributed by atoms with E-state index in [1.165, 1.54) is 15.3 Å². The van der Waals surface area contributed by atoms with Gasteiger partial charge in [0, 0.05) is 6.20 Å². The summed E-state index contributed by atoms with van der Waals surface area (Å²) in [4.78, 5) is 12.6. The van der Waals surface area contributed by atoms with Crippen LogP contribution in [0.3, 0.4) is 0 Å². The van der Waals surface area contributed by atoms with E-state index < -0.39 is 42.8 Å². The highest BCUT2D eigenvalue weighted by Crippen LogP contribution is 2.34. The molecule has 11 heteroatoms. The second-order valence-corrected chi connectivity index (χ2v) is 7.89. The molecule has 3 aromatic rings. The fourth-order valence-corrected chi connectivity index (χ4v) is 3.94. The summed E-state index contributed by atoms with van der Waals surface area (Å²) < 4.78 is 8.19. The van der Waals surface area contributed by atoms with E-state index in [9.17, 15) is 30.3 Å². The van der Waals surface area contributed by atoms with Crippen LogP contribution in [0.5, 0.6) is 0 Å². The molecule has 3 heterocycles. The fourth-order valence-electron chi connectivity index (χ4n) is 3.78. The molecule has 10 nitrogen and oxygen atoms in total. The Labute approximate surface area is 181 Å². The lowest BCUT2D eigenvalue weighted by Gasteiger charge is -2.40. The summed E-state index contributed by atoms with van der Waals surface area (Å²) >= 11 is 5.95. The van der Waals surface area contributed by atoms with Gasteiger partial charge >= 0.3 is 5.69 Å². The summed E-state index contributed by atoms with van der Waals surface area (Å²) in [6, 6.07) is 8.18. The van der Waals surface area contributed by atoms with Crippen LogP contribution >= 0.6 is 11.6 Å². The number of aliphatic hydroxyl groups excluding tert-OH is 5. The Kier molecular flexibility index (Phi) is 6.13. The third-order valence-electron chi connectivity index (χ3n) is 5.45. The van der Waals surface area contributed by atoms with Gasteiger partial charge < -0.3 is 30.3 Å². The average Bonchev–Trinajstić information content (AvgIpc) is 3.07. The molecule has 1 saturated heterocycles. The lowest BCUT2D eigenvalue weighted by atomic mass is 9.88. The van der Waals surface area contributed by atoms with Crippen molar-refractivity contribution in [1.82, 2.24) is 14.2 Å². The van der Waals surface area contributed by atoms with E-state index in [4.69, 9.17) is 16.3 Å². The highest BCUT2D eigenvalue weighted by molar-refractivity contribution is 6.30. The molecule has 0 saturated carbocycles. The van der Waals surface area contributed by atoms with Crippen LogP contribution in [0.1, 0.15) is 22.8 Å². The average molecular weight is 452 g/mol. The smallest absolute Gasteiger partial charge is 0.350 e. The molecule has 1 aromatic carbocycles. The molecule has 0 bridgehead atoms. The van der Waals surface area contributed by atoms with E-state index in [-0.39, 0.29) is 13.2 Å². The number of nitrogens with zero attached hydrogens (tertiary/aromatic N) is 3. The van der Waals surface area contributed by atoms with Gasteiger partial charge in [-0.05, 0) is 28.8 Å². The summed E-state index contributed by atoms with van der Waals surface area (Å²) in [5.41, 5.74) is 1.47. The van der Waals surface area contributed by atoms with Gasteiger partial charge in [0.1, 0.15) is 30.5 Å². The third-order valence-corrected chi connectivity index (χ3v) is 5.68. The number of hydrogen-bond acceptors (Lipinski definition) is 8. The maximum Gasteiger partial charge on any atom is 0.350 e. The van der Waals surface area contributed by atoms with Crippen molar-refractivity contribution in [1.29, 1.82) is 0 Å². The number of hydrogen-bond donors (Lipinski definition) is 5. The van der Waals surface area contributed by atoms with Crippen LogP contribution in [-0.4, -0.2) is 70.7 Å². The van der Waals surface area contributed by atoms with Crippen molar-refractivity contribution >= 4 is 17.2 Å². The standard InChI is InChI=1S/C20H22ClN3O7/c21-12-3-4-15-22-24(20(30)23(15)7-12)6-10-1-2-11(8-25)13(5-10)19-18(29)17(28)16(27)14(9-26)31-19/h1-5,7,14,16-19,25-29H,6,8-9H2/t14?,16-,17+,18?,19+/m1/s1. The number of fused-ring (bicyclic) bond motifs is 1. The van der Waals surface area contributed by atoms with Gasteiger partial charge in [0.25, 0.3) is 0 Å². The molecule has 2 unspecified atom stereocenters. The zero-order chi connectivity index (χ0) is 22.3. The first kappa shape index (κ1) is 21.9. The molecule has 166 valence electrons. The number of rotatable bonds is 5. The molecule has 0 spiro atoms. The molecule has 31 heavy (non-hydrogen) atoms. The van der Waals surface area contributed by atoms with Gasteiger partial charge in [0.15, 0.2) is 5.65 Å². The minimum atomic E-state index is -1.54. The van der Waals surface area contributed by atoms with Crippen LogP contribution in [0.25, 0.3) is 5.65 Å². The van der Waals surface area contributed by atoms with E-state index in [1.807, 2.05) is 0 Å². The van der Waals surface area contributed by atoms with E-state index in [2.05, 4.69) is 5.10 Å². The Bertz CT molecular complexity index is 1150. The SMILES string of the molecule is O=c1n(Cc2ccc(CO)c([C@@H]3OC(CO)[C@@H](O)[C@H](O)C3O)c2)nc2ccc(Cl)cn12. The first-order chi connectivity index (χ1) is 14.8. The van der Waals surface area contributed by atoms with Gasteiger partial charge in [-0.2, -0.15) is 0 Å². The van der Waals surface area contributed by atoms with Crippen LogP contribution in [0.15, 0.2) is 41.3 Å². The van der Waals surface area contributed by atoms with Crippen molar-refractivity contribution in [2.45, 2.75) is 43.7 Å². The number of halogens is 1. The Morgan fingerprint density at radius 1 is 1.06 bits per heavy atom. The number of aliphatic hydroxyl groups is 5. The van der Waals surface area contributed by atoms with Crippen molar-refractivity contribution < 1.29 is 30.3 Å². The Morgan fingerprint density at radius 2 is 1.84 bits per heavy atom.